The number of carboxylic acid groups (broad SMARTS) is 1. The standard InChI is InChI=1S/C24H27FN2O6S/c1-2-20(33-15-7-8-26-11-15)18-10-14(25)3-6-21(18)34(30,31)27-19-5-4-16-17-9-13(17)12-32-23(16)22(19)24(28)29/h3-6,10,13,15,17,20,26-27H,2,7-9,11-12H2,1H3,(H,28,29)/t13-,15?,17-,20-/m0/s1. The zero-order chi connectivity index (χ0) is 24.0. The Morgan fingerprint density at radius 3 is 2.88 bits per heavy atom. The summed E-state index contributed by atoms with van der Waals surface area (Å²) < 4.78 is 55.4. The number of carboxylic acids is 1. The first-order valence-electron chi connectivity index (χ1n) is 11.5. The molecule has 2 aromatic rings. The van der Waals surface area contributed by atoms with Gasteiger partial charge in [0.25, 0.3) is 10.0 Å². The molecule has 3 N–H and O–H groups in total. The number of halogens is 1. The van der Waals surface area contributed by atoms with E-state index in [0.29, 0.717) is 25.5 Å². The van der Waals surface area contributed by atoms with Gasteiger partial charge in [-0.05, 0) is 61.6 Å². The Balaban J connectivity index is 1.51. The molecule has 1 saturated carbocycles. The monoisotopic (exact) mass is 490 g/mol. The van der Waals surface area contributed by atoms with E-state index < -0.39 is 27.9 Å². The maximum Gasteiger partial charge on any atom is 0.341 e. The minimum Gasteiger partial charge on any atom is -0.492 e. The van der Waals surface area contributed by atoms with Crippen LogP contribution in [0.4, 0.5) is 10.1 Å². The van der Waals surface area contributed by atoms with Crippen molar-refractivity contribution in [1.29, 1.82) is 0 Å². The molecule has 2 aromatic carbocycles. The number of ether oxygens (including phenoxy) is 2. The lowest BCUT2D eigenvalue weighted by Gasteiger charge is -2.24. The number of anilines is 1. The van der Waals surface area contributed by atoms with E-state index >= 15 is 0 Å². The van der Waals surface area contributed by atoms with E-state index in [0.717, 1.165) is 31.0 Å². The van der Waals surface area contributed by atoms with Gasteiger partial charge in [0, 0.05) is 18.0 Å². The molecule has 0 amide bonds. The lowest BCUT2D eigenvalue weighted by molar-refractivity contribution is -0.00610. The highest BCUT2D eigenvalue weighted by Crippen LogP contribution is 2.55. The van der Waals surface area contributed by atoms with Crippen LogP contribution in [0.25, 0.3) is 0 Å². The lowest BCUT2D eigenvalue weighted by atomic mass is 10.0. The predicted molar refractivity (Wildman–Crippen MR) is 122 cm³/mol. The van der Waals surface area contributed by atoms with Crippen molar-refractivity contribution in [3.8, 4) is 5.75 Å². The Hall–Kier alpha value is -2.69. The highest BCUT2D eigenvalue weighted by Gasteiger charge is 2.45. The number of fused-ring (bicyclic) bond motifs is 3. The molecule has 0 spiro atoms. The average molecular weight is 491 g/mol. The van der Waals surface area contributed by atoms with E-state index in [1.54, 1.807) is 6.07 Å². The summed E-state index contributed by atoms with van der Waals surface area (Å²) in [7, 11) is -4.27. The van der Waals surface area contributed by atoms with Gasteiger partial charge >= 0.3 is 5.97 Å². The first-order chi connectivity index (χ1) is 16.3. The molecule has 1 aliphatic carbocycles. The molecule has 1 saturated heterocycles. The maximum absolute atomic E-state index is 14.2. The molecule has 3 aliphatic rings. The Morgan fingerprint density at radius 2 is 2.18 bits per heavy atom. The quantitative estimate of drug-likeness (QED) is 0.518. The molecule has 2 heterocycles. The summed E-state index contributed by atoms with van der Waals surface area (Å²) in [5, 5.41) is 13.1. The lowest BCUT2D eigenvalue weighted by Crippen LogP contribution is -2.23. The molecule has 4 atom stereocenters. The fourth-order valence-electron chi connectivity index (χ4n) is 4.93. The van der Waals surface area contributed by atoms with Crippen molar-refractivity contribution >= 4 is 21.7 Å². The summed E-state index contributed by atoms with van der Waals surface area (Å²) in [5.41, 5.74) is 0.697. The topological polar surface area (TPSA) is 114 Å². The number of hydrogen-bond donors (Lipinski definition) is 3. The highest BCUT2D eigenvalue weighted by atomic mass is 32.2. The van der Waals surface area contributed by atoms with Gasteiger partial charge in [-0.2, -0.15) is 0 Å². The smallest absolute Gasteiger partial charge is 0.341 e. The number of nitrogens with one attached hydrogen (secondary N) is 2. The third-order valence-electron chi connectivity index (χ3n) is 6.76. The second-order valence-corrected chi connectivity index (χ2v) is 10.7. The molecule has 182 valence electrons. The van der Waals surface area contributed by atoms with Crippen LogP contribution in [0.2, 0.25) is 0 Å². The largest absolute Gasteiger partial charge is 0.492 e. The second kappa shape index (κ2) is 8.83. The van der Waals surface area contributed by atoms with Crippen molar-refractivity contribution in [2.24, 2.45) is 5.92 Å². The van der Waals surface area contributed by atoms with Gasteiger partial charge in [-0.1, -0.05) is 13.0 Å². The van der Waals surface area contributed by atoms with E-state index in [9.17, 15) is 22.7 Å². The summed E-state index contributed by atoms with van der Waals surface area (Å²) in [6.07, 6.45) is 1.43. The second-order valence-electron chi connectivity index (χ2n) is 9.06. The molecule has 34 heavy (non-hydrogen) atoms. The zero-order valence-electron chi connectivity index (χ0n) is 18.7. The number of carbonyl (C=O) groups is 1. The molecule has 2 fully saturated rings. The normalized spacial score (nSPS) is 24.0. The number of rotatable bonds is 8. The van der Waals surface area contributed by atoms with E-state index in [2.05, 4.69) is 10.0 Å². The number of hydrogen-bond acceptors (Lipinski definition) is 6. The molecule has 2 aliphatic heterocycles. The fourth-order valence-corrected chi connectivity index (χ4v) is 6.25. The third kappa shape index (κ3) is 4.25. The summed E-state index contributed by atoms with van der Waals surface area (Å²) in [5.74, 6) is -0.998. The van der Waals surface area contributed by atoms with E-state index in [4.69, 9.17) is 9.47 Å². The van der Waals surface area contributed by atoms with Crippen LogP contribution >= 0.6 is 0 Å². The van der Waals surface area contributed by atoms with Gasteiger partial charge in [0.05, 0.1) is 29.4 Å². The molecule has 10 heteroatoms. The first kappa shape index (κ1) is 23.1. The average Bonchev–Trinajstić information content (AvgIpc) is 3.42. The van der Waals surface area contributed by atoms with Gasteiger partial charge in [0.15, 0.2) is 0 Å². The van der Waals surface area contributed by atoms with Crippen molar-refractivity contribution in [3.63, 3.8) is 0 Å². The van der Waals surface area contributed by atoms with Gasteiger partial charge in [-0.25, -0.2) is 17.6 Å². The van der Waals surface area contributed by atoms with Crippen LogP contribution < -0.4 is 14.8 Å². The maximum atomic E-state index is 14.2. The van der Waals surface area contributed by atoms with Crippen LogP contribution in [0.3, 0.4) is 0 Å². The summed E-state index contributed by atoms with van der Waals surface area (Å²) in [4.78, 5) is 12.0. The molecular formula is C24H27FN2O6S. The fraction of sp³-hybridized carbons (Fsp3) is 0.458. The number of aromatic carboxylic acids is 1. The van der Waals surface area contributed by atoms with Crippen molar-refractivity contribution in [1.82, 2.24) is 5.32 Å². The summed E-state index contributed by atoms with van der Waals surface area (Å²) >= 11 is 0. The van der Waals surface area contributed by atoms with E-state index in [1.165, 1.54) is 18.2 Å². The summed E-state index contributed by atoms with van der Waals surface area (Å²) in [6, 6.07) is 6.62. The van der Waals surface area contributed by atoms with Crippen LogP contribution in [0, 0.1) is 11.7 Å². The third-order valence-corrected chi connectivity index (χ3v) is 8.20. The molecule has 0 bridgehead atoms. The van der Waals surface area contributed by atoms with E-state index in [1.807, 2.05) is 6.92 Å². The van der Waals surface area contributed by atoms with Crippen molar-refractivity contribution in [3.05, 3.63) is 52.8 Å². The molecular weight excluding hydrogens is 463 g/mol. The SMILES string of the molecule is CC[C@H](OC1CCNC1)c1cc(F)ccc1S(=O)(=O)Nc1ccc2c(c1C(=O)O)OC[C@@H]1C[C@H]21. The first-order valence-corrected chi connectivity index (χ1v) is 13.0. The Morgan fingerprint density at radius 1 is 1.35 bits per heavy atom. The van der Waals surface area contributed by atoms with Gasteiger partial charge in [0.1, 0.15) is 17.1 Å². The van der Waals surface area contributed by atoms with Gasteiger partial charge < -0.3 is 19.9 Å². The molecule has 0 aromatic heterocycles. The van der Waals surface area contributed by atoms with Crippen molar-refractivity contribution < 1.29 is 32.2 Å². The minimum atomic E-state index is -4.27. The zero-order valence-corrected chi connectivity index (χ0v) is 19.5. The molecule has 8 nitrogen and oxygen atoms in total. The summed E-state index contributed by atoms with van der Waals surface area (Å²) in [6.45, 7) is 3.71. The molecule has 1 unspecified atom stereocenters. The highest BCUT2D eigenvalue weighted by molar-refractivity contribution is 7.92. The van der Waals surface area contributed by atoms with E-state index in [-0.39, 0.29) is 39.5 Å². The van der Waals surface area contributed by atoms with Gasteiger partial charge in [-0.3, -0.25) is 4.72 Å². The van der Waals surface area contributed by atoms with Crippen molar-refractivity contribution in [2.75, 3.05) is 24.4 Å². The number of benzene rings is 2. The van der Waals surface area contributed by atoms with Crippen molar-refractivity contribution in [2.45, 2.75) is 49.2 Å². The Labute approximate surface area is 197 Å². The minimum absolute atomic E-state index is 0.0883. The Kier molecular flexibility index (Phi) is 5.99. The Bertz CT molecular complexity index is 1230. The number of sulfonamides is 1. The molecule has 0 radical (unpaired) electrons. The van der Waals surface area contributed by atoms with Crippen LogP contribution in [-0.4, -0.2) is 45.3 Å². The van der Waals surface area contributed by atoms with Crippen LogP contribution in [0.15, 0.2) is 35.2 Å². The van der Waals surface area contributed by atoms with Crippen LogP contribution in [-0.2, 0) is 14.8 Å². The van der Waals surface area contributed by atoms with Crippen LogP contribution in [0.1, 0.15) is 59.7 Å². The van der Waals surface area contributed by atoms with Gasteiger partial charge in [-0.15, -0.1) is 0 Å². The predicted octanol–water partition coefficient (Wildman–Crippen LogP) is 3.65. The van der Waals surface area contributed by atoms with Gasteiger partial charge in [0.2, 0.25) is 0 Å². The van der Waals surface area contributed by atoms with Crippen LogP contribution in [0.5, 0.6) is 5.75 Å². The molecule has 5 rings (SSSR count).